The van der Waals surface area contributed by atoms with Crippen molar-refractivity contribution in [3.05, 3.63) is 46.0 Å². The lowest BCUT2D eigenvalue weighted by Crippen LogP contribution is -2.25. The van der Waals surface area contributed by atoms with Crippen LogP contribution in [0.15, 0.2) is 24.5 Å². The van der Waals surface area contributed by atoms with Crippen molar-refractivity contribution >= 4 is 23.2 Å². The molecule has 0 bridgehead atoms. The van der Waals surface area contributed by atoms with Gasteiger partial charge < -0.3 is 5.32 Å². The fourth-order valence-electron chi connectivity index (χ4n) is 1.89. The zero-order valence-electron chi connectivity index (χ0n) is 10.7. The molecule has 2 rings (SSSR count). The average molecular weight is 299 g/mol. The minimum Gasteiger partial charge on any atom is -0.307 e. The summed E-state index contributed by atoms with van der Waals surface area (Å²) in [5.74, 6) is 0.810. The van der Waals surface area contributed by atoms with E-state index in [0.29, 0.717) is 16.5 Å². The molecule has 19 heavy (non-hydrogen) atoms. The molecule has 0 saturated heterocycles. The molecule has 0 aliphatic carbocycles. The second-order valence-electron chi connectivity index (χ2n) is 4.32. The van der Waals surface area contributed by atoms with E-state index in [0.717, 1.165) is 24.4 Å². The third kappa shape index (κ3) is 3.93. The molecular weight excluding hydrogens is 283 g/mol. The van der Waals surface area contributed by atoms with Gasteiger partial charge in [-0.05, 0) is 43.1 Å². The summed E-state index contributed by atoms with van der Waals surface area (Å²) in [6, 6.07) is 5.55. The minimum absolute atomic E-state index is 0.0541. The van der Waals surface area contributed by atoms with Crippen LogP contribution in [-0.2, 0) is 6.42 Å². The summed E-state index contributed by atoms with van der Waals surface area (Å²) in [6.45, 7) is 3.03. The van der Waals surface area contributed by atoms with E-state index in [-0.39, 0.29) is 6.04 Å². The van der Waals surface area contributed by atoms with Crippen LogP contribution in [-0.4, -0.2) is 21.7 Å². The minimum atomic E-state index is 0.0541. The molecule has 4 nitrogen and oxygen atoms in total. The van der Waals surface area contributed by atoms with Gasteiger partial charge in [0, 0.05) is 10.0 Å². The molecular formula is C13H16Cl2N4. The van der Waals surface area contributed by atoms with Crippen molar-refractivity contribution in [1.82, 2.24) is 20.5 Å². The number of aromatic nitrogens is 3. The highest BCUT2D eigenvalue weighted by Gasteiger charge is 2.16. The van der Waals surface area contributed by atoms with Crippen LogP contribution < -0.4 is 5.32 Å². The smallest absolute Gasteiger partial charge is 0.141 e. The van der Waals surface area contributed by atoms with E-state index in [1.165, 1.54) is 6.33 Å². The molecule has 1 heterocycles. The van der Waals surface area contributed by atoms with Gasteiger partial charge in [0.1, 0.15) is 12.2 Å². The SMILES string of the molecule is CCCNC(Cc1cc(Cl)ccc1Cl)c1ncn[nH]1. The molecule has 0 aliphatic heterocycles. The van der Waals surface area contributed by atoms with Crippen LogP contribution in [0.5, 0.6) is 0 Å². The Bertz CT molecular complexity index is 513. The molecule has 1 aromatic heterocycles. The summed E-state index contributed by atoms with van der Waals surface area (Å²) in [6.07, 6.45) is 3.28. The number of nitrogens with zero attached hydrogens (tertiary/aromatic N) is 2. The van der Waals surface area contributed by atoms with E-state index >= 15 is 0 Å². The Morgan fingerprint density at radius 3 is 2.89 bits per heavy atom. The van der Waals surface area contributed by atoms with E-state index in [4.69, 9.17) is 23.2 Å². The third-order valence-corrected chi connectivity index (χ3v) is 3.44. The zero-order chi connectivity index (χ0) is 13.7. The van der Waals surface area contributed by atoms with Crippen LogP contribution in [0, 0.1) is 0 Å². The molecule has 6 heteroatoms. The number of rotatable bonds is 6. The van der Waals surface area contributed by atoms with Crippen LogP contribution in [0.1, 0.15) is 30.8 Å². The Labute approximate surface area is 122 Å². The molecule has 0 amide bonds. The maximum absolute atomic E-state index is 6.20. The quantitative estimate of drug-likeness (QED) is 0.859. The van der Waals surface area contributed by atoms with Crippen LogP contribution in [0.3, 0.4) is 0 Å². The molecule has 1 aromatic carbocycles. The van der Waals surface area contributed by atoms with Gasteiger partial charge in [-0.1, -0.05) is 30.1 Å². The van der Waals surface area contributed by atoms with Crippen molar-refractivity contribution in [1.29, 1.82) is 0 Å². The van der Waals surface area contributed by atoms with Gasteiger partial charge in [-0.25, -0.2) is 4.98 Å². The Balaban J connectivity index is 2.17. The van der Waals surface area contributed by atoms with Crippen molar-refractivity contribution < 1.29 is 0 Å². The lowest BCUT2D eigenvalue weighted by molar-refractivity contribution is 0.506. The highest BCUT2D eigenvalue weighted by atomic mass is 35.5. The van der Waals surface area contributed by atoms with Gasteiger partial charge in [0.05, 0.1) is 6.04 Å². The maximum Gasteiger partial charge on any atom is 0.141 e. The summed E-state index contributed by atoms with van der Waals surface area (Å²) >= 11 is 12.2. The first-order valence-electron chi connectivity index (χ1n) is 6.23. The van der Waals surface area contributed by atoms with E-state index in [9.17, 15) is 0 Å². The number of benzene rings is 1. The monoisotopic (exact) mass is 298 g/mol. The van der Waals surface area contributed by atoms with Crippen molar-refractivity contribution in [2.24, 2.45) is 0 Å². The molecule has 2 N–H and O–H groups in total. The highest BCUT2D eigenvalue weighted by Crippen LogP contribution is 2.25. The molecule has 0 radical (unpaired) electrons. The summed E-state index contributed by atoms with van der Waals surface area (Å²) < 4.78 is 0. The highest BCUT2D eigenvalue weighted by molar-refractivity contribution is 6.33. The van der Waals surface area contributed by atoms with Crippen molar-refractivity contribution in [3.63, 3.8) is 0 Å². The molecule has 0 aliphatic rings. The molecule has 0 spiro atoms. The topological polar surface area (TPSA) is 53.6 Å². The molecule has 0 fully saturated rings. The number of aromatic amines is 1. The molecule has 1 atom stereocenters. The summed E-state index contributed by atoms with van der Waals surface area (Å²) in [4.78, 5) is 4.21. The number of H-pyrrole nitrogens is 1. The Kier molecular flexibility index (Phi) is 5.19. The van der Waals surface area contributed by atoms with E-state index < -0.39 is 0 Å². The van der Waals surface area contributed by atoms with Gasteiger partial charge in [-0.15, -0.1) is 0 Å². The summed E-state index contributed by atoms with van der Waals surface area (Å²) in [5, 5.41) is 11.6. The van der Waals surface area contributed by atoms with Gasteiger partial charge in [0.15, 0.2) is 0 Å². The van der Waals surface area contributed by atoms with Gasteiger partial charge in [-0.2, -0.15) is 5.10 Å². The van der Waals surface area contributed by atoms with Gasteiger partial charge >= 0.3 is 0 Å². The van der Waals surface area contributed by atoms with Crippen molar-refractivity contribution in [2.45, 2.75) is 25.8 Å². The molecule has 102 valence electrons. The number of hydrogen-bond donors (Lipinski definition) is 2. The molecule has 2 aromatic rings. The lowest BCUT2D eigenvalue weighted by atomic mass is 10.1. The van der Waals surface area contributed by atoms with Crippen LogP contribution in [0.2, 0.25) is 10.0 Å². The van der Waals surface area contributed by atoms with Crippen LogP contribution in [0.4, 0.5) is 0 Å². The standard InChI is InChI=1S/C13H16Cl2N4/c1-2-5-16-12(13-17-8-18-19-13)7-9-6-10(14)3-4-11(9)15/h3-4,6,8,12,16H,2,5,7H2,1H3,(H,17,18,19). The Hall–Kier alpha value is -1.10. The second kappa shape index (κ2) is 6.89. The van der Waals surface area contributed by atoms with Crippen molar-refractivity contribution in [2.75, 3.05) is 6.54 Å². The fraction of sp³-hybridized carbons (Fsp3) is 0.385. The first-order valence-corrected chi connectivity index (χ1v) is 6.99. The maximum atomic E-state index is 6.20. The largest absolute Gasteiger partial charge is 0.307 e. The Morgan fingerprint density at radius 2 is 2.21 bits per heavy atom. The first kappa shape index (κ1) is 14.3. The van der Waals surface area contributed by atoms with E-state index in [2.05, 4.69) is 27.4 Å². The van der Waals surface area contributed by atoms with Gasteiger partial charge in [0.2, 0.25) is 0 Å². The normalized spacial score (nSPS) is 12.6. The Morgan fingerprint density at radius 1 is 1.37 bits per heavy atom. The van der Waals surface area contributed by atoms with Crippen LogP contribution >= 0.6 is 23.2 Å². The van der Waals surface area contributed by atoms with Crippen LogP contribution in [0.25, 0.3) is 0 Å². The summed E-state index contributed by atoms with van der Waals surface area (Å²) in [7, 11) is 0. The zero-order valence-corrected chi connectivity index (χ0v) is 12.2. The molecule has 1 unspecified atom stereocenters. The third-order valence-electron chi connectivity index (χ3n) is 2.84. The summed E-state index contributed by atoms with van der Waals surface area (Å²) in [5.41, 5.74) is 0.999. The average Bonchev–Trinajstić information content (AvgIpc) is 2.92. The van der Waals surface area contributed by atoms with E-state index in [1.807, 2.05) is 12.1 Å². The fourth-order valence-corrected chi connectivity index (χ4v) is 2.28. The number of hydrogen-bond acceptors (Lipinski definition) is 3. The van der Waals surface area contributed by atoms with Gasteiger partial charge in [-0.3, -0.25) is 5.10 Å². The second-order valence-corrected chi connectivity index (χ2v) is 5.16. The molecule has 0 saturated carbocycles. The number of halogens is 2. The predicted octanol–water partition coefficient (Wildman–Crippen LogP) is 3.39. The first-order chi connectivity index (χ1) is 9.20. The number of nitrogens with one attached hydrogen (secondary N) is 2. The van der Waals surface area contributed by atoms with E-state index in [1.54, 1.807) is 6.07 Å². The lowest BCUT2D eigenvalue weighted by Gasteiger charge is -2.17. The predicted molar refractivity (Wildman–Crippen MR) is 77.6 cm³/mol. The van der Waals surface area contributed by atoms with Gasteiger partial charge in [0.25, 0.3) is 0 Å². The van der Waals surface area contributed by atoms with Crippen molar-refractivity contribution in [3.8, 4) is 0 Å².